The van der Waals surface area contributed by atoms with Gasteiger partial charge >= 0.3 is 0 Å². The van der Waals surface area contributed by atoms with Gasteiger partial charge in [0, 0.05) is 62.8 Å². The fourth-order valence-corrected chi connectivity index (χ4v) is 4.44. The van der Waals surface area contributed by atoms with Gasteiger partial charge in [-0.3, -0.25) is 9.78 Å². The fraction of sp³-hybridized carbons (Fsp3) is 0.310. The Labute approximate surface area is 229 Å². The lowest BCUT2D eigenvalue weighted by molar-refractivity contribution is -0.111. The van der Waals surface area contributed by atoms with Gasteiger partial charge in [0.05, 0.1) is 41.1 Å². The Morgan fingerprint density at radius 3 is 2.64 bits per heavy atom. The van der Waals surface area contributed by atoms with Crippen LogP contribution in [0.1, 0.15) is 12.6 Å². The molecule has 204 valence electrons. The predicted molar refractivity (Wildman–Crippen MR) is 158 cm³/mol. The van der Waals surface area contributed by atoms with Gasteiger partial charge < -0.3 is 29.7 Å². The van der Waals surface area contributed by atoms with E-state index in [1.807, 2.05) is 58.8 Å². The van der Waals surface area contributed by atoms with Crippen molar-refractivity contribution in [1.82, 2.24) is 24.4 Å². The Hall–Kier alpha value is -4.44. The number of carbonyl (C=O) groups excluding carboxylic acids is 1. The number of nitrogens with one attached hydrogen (secondary N) is 2. The molecule has 0 aliphatic carbocycles. The first kappa shape index (κ1) is 27.6. The van der Waals surface area contributed by atoms with Crippen molar-refractivity contribution in [3.05, 3.63) is 61.2 Å². The molecule has 0 bridgehead atoms. The van der Waals surface area contributed by atoms with Crippen molar-refractivity contribution in [1.29, 1.82) is 0 Å². The molecule has 0 atom stereocenters. The lowest BCUT2D eigenvalue weighted by Gasteiger charge is -2.26. The van der Waals surface area contributed by atoms with Crippen LogP contribution in [0.5, 0.6) is 5.75 Å². The van der Waals surface area contributed by atoms with Crippen LogP contribution in [0.3, 0.4) is 0 Å². The Balaban J connectivity index is 1.72. The Morgan fingerprint density at radius 1 is 1.15 bits per heavy atom. The molecule has 0 aliphatic heterocycles. The lowest BCUT2D eigenvalue weighted by Crippen LogP contribution is -2.29. The van der Waals surface area contributed by atoms with Crippen molar-refractivity contribution in [3.63, 3.8) is 0 Å². The van der Waals surface area contributed by atoms with Gasteiger partial charge in [-0.25, -0.2) is 9.97 Å². The van der Waals surface area contributed by atoms with Crippen LogP contribution in [0.2, 0.25) is 0 Å². The van der Waals surface area contributed by atoms with Gasteiger partial charge in [-0.1, -0.05) is 13.5 Å². The van der Waals surface area contributed by atoms with Crippen molar-refractivity contribution in [2.75, 3.05) is 56.9 Å². The van der Waals surface area contributed by atoms with Crippen LogP contribution in [0.4, 0.5) is 23.0 Å². The SMILES string of the molecule is C=CC(=O)Nc1cc(Nc2nccc(-c3cnc(CC)c4c3ccn4C)n2)c(OC)cc1N(C)CCN(C)C. The van der Waals surface area contributed by atoms with Crippen molar-refractivity contribution < 1.29 is 9.53 Å². The normalized spacial score (nSPS) is 11.1. The third-order valence-corrected chi connectivity index (χ3v) is 6.55. The molecule has 0 fully saturated rings. The van der Waals surface area contributed by atoms with E-state index < -0.39 is 0 Å². The number of likely N-dealkylation sites (N-methyl/N-ethyl adjacent to an activating group) is 2. The monoisotopic (exact) mass is 528 g/mol. The molecule has 2 N–H and O–H groups in total. The highest BCUT2D eigenvalue weighted by molar-refractivity contribution is 6.02. The van der Waals surface area contributed by atoms with E-state index >= 15 is 0 Å². The number of hydrogen-bond donors (Lipinski definition) is 2. The van der Waals surface area contributed by atoms with Crippen molar-refractivity contribution in [3.8, 4) is 17.0 Å². The number of benzene rings is 1. The first-order chi connectivity index (χ1) is 18.7. The highest BCUT2D eigenvalue weighted by Crippen LogP contribution is 2.38. The third kappa shape index (κ3) is 6.01. The van der Waals surface area contributed by atoms with Crippen LogP contribution >= 0.6 is 0 Å². The van der Waals surface area contributed by atoms with E-state index in [-0.39, 0.29) is 5.91 Å². The Kier molecular flexibility index (Phi) is 8.46. The number of amides is 1. The summed E-state index contributed by atoms with van der Waals surface area (Å²) in [6.07, 6.45) is 7.71. The van der Waals surface area contributed by atoms with Crippen LogP contribution in [0.15, 0.2) is 55.5 Å². The third-order valence-electron chi connectivity index (χ3n) is 6.55. The minimum atomic E-state index is -0.304. The Morgan fingerprint density at radius 2 is 1.95 bits per heavy atom. The molecule has 10 heteroatoms. The molecule has 0 spiro atoms. The van der Waals surface area contributed by atoms with Crippen LogP contribution < -0.4 is 20.3 Å². The van der Waals surface area contributed by atoms with Gasteiger partial charge in [0.25, 0.3) is 0 Å². The smallest absolute Gasteiger partial charge is 0.247 e. The predicted octanol–water partition coefficient (Wildman–Crippen LogP) is 4.47. The van der Waals surface area contributed by atoms with Crippen molar-refractivity contribution in [2.24, 2.45) is 7.05 Å². The second-order valence-corrected chi connectivity index (χ2v) is 9.54. The van der Waals surface area contributed by atoms with Gasteiger partial charge in [0.2, 0.25) is 11.9 Å². The van der Waals surface area contributed by atoms with Gasteiger partial charge in [0.1, 0.15) is 5.75 Å². The van der Waals surface area contributed by atoms with Crippen LogP contribution in [0, 0.1) is 0 Å². The van der Waals surface area contributed by atoms with E-state index in [1.54, 1.807) is 13.3 Å². The molecule has 10 nitrogen and oxygen atoms in total. The number of pyridine rings is 1. The number of anilines is 4. The quantitative estimate of drug-likeness (QED) is 0.275. The zero-order chi connectivity index (χ0) is 28.1. The molecule has 4 rings (SSSR count). The molecule has 1 aromatic carbocycles. The molecule has 3 aromatic heterocycles. The standard InChI is InChI=1S/C29H36N8O2/c1-8-21-28-19(11-13-37(28)6)20(18-31-21)22-10-12-30-29(33-22)34-24-16-23(32-27(38)9-2)25(17-26(24)39-7)36(5)15-14-35(3)4/h9-13,16-18H,2,8,14-15H2,1,3-7H3,(H,32,38)(H,30,33,34). The first-order valence-electron chi connectivity index (χ1n) is 12.8. The molecule has 0 saturated carbocycles. The number of methoxy groups -OCH3 is 1. The summed E-state index contributed by atoms with van der Waals surface area (Å²) >= 11 is 0. The maximum Gasteiger partial charge on any atom is 0.247 e. The molecule has 0 aliphatic rings. The number of ether oxygens (including phenoxy) is 1. The molecule has 0 unspecified atom stereocenters. The minimum absolute atomic E-state index is 0.304. The average molecular weight is 529 g/mol. The van der Waals surface area contributed by atoms with Crippen LogP contribution in [0.25, 0.3) is 22.2 Å². The molecular formula is C29H36N8O2. The summed E-state index contributed by atoms with van der Waals surface area (Å²) in [5.41, 5.74) is 5.87. The number of nitrogens with zero attached hydrogens (tertiary/aromatic N) is 6. The van der Waals surface area contributed by atoms with Crippen LogP contribution in [-0.4, -0.2) is 71.7 Å². The second-order valence-electron chi connectivity index (χ2n) is 9.54. The number of aromatic nitrogens is 4. The molecule has 0 radical (unpaired) electrons. The minimum Gasteiger partial charge on any atom is -0.494 e. The zero-order valence-corrected chi connectivity index (χ0v) is 23.4. The summed E-state index contributed by atoms with van der Waals surface area (Å²) in [4.78, 5) is 30.4. The molecule has 3 heterocycles. The van der Waals surface area contributed by atoms with E-state index in [2.05, 4.69) is 49.6 Å². The maximum atomic E-state index is 12.3. The number of rotatable bonds is 11. The zero-order valence-electron chi connectivity index (χ0n) is 23.4. The van der Waals surface area contributed by atoms with Crippen LogP contribution in [-0.2, 0) is 18.3 Å². The van der Waals surface area contributed by atoms with Gasteiger partial charge in [-0.15, -0.1) is 0 Å². The number of hydrogen-bond acceptors (Lipinski definition) is 8. The highest BCUT2D eigenvalue weighted by atomic mass is 16.5. The molecular weight excluding hydrogens is 492 g/mol. The van der Waals surface area contributed by atoms with Crippen molar-refractivity contribution in [2.45, 2.75) is 13.3 Å². The number of carbonyl (C=O) groups is 1. The molecule has 39 heavy (non-hydrogen) atoms. The van der Waals surface area contributed by atoms with E-state index in [1.165, 1.54) is 6.08 Å². The molecule has 0 saturated heterocycles. The van der Waals surface area contributed by atoms with Gasteiger partial charge in [-0.05, 0) is 44.8 Å². The summed E-state index contributed by atoms with van der Waals surface area (Å²) in [5.74, 6) is 0.678. The average Bonchev–Trinajstić information content (AvgIpc) is 3.33. The molecule has 1 amide bonds. The summed E-state index contributed by atoms with van der Waals surface area (Å²) in [5, 5.41) is 7.29. The molecule has 4 aromatic rings. The summed E-state index contributed by atoms with van der Waals surface area (Å²) in [6, 6.07) is 7.67. The number of aryl methyl sites for hydroxylation is 2. The van der Waals surface area contributed by atoms with E-state index in [0.29, 0.717) is 23.1 Å². The summed E-state index contributed by atoms with van der Waals surface area (Å²) in [7, 11) is 9.65. The van der Waals surface area contributed by atoms with Gasteiger partial charge in [-0.2, -0.15) is 0 Å². The summed E-state index contributed by atoms with van der Waals surface area (Å²) < 4.78 is 7.81. The first-order valence-corrected chi connectivity index (χ1v) is 12.8. The van der Waals surface area contributed by atoms with E-state index in [4.69, 9.17) is 14.7 Å². The van der Waals surface area contributed by atoms with Crippen molar-refractivity contribution >= 4 is 39.8 Å². The summed E-state index contributed by atoms with van der Waals surface area (Å²) in [6.45, 7) is 7.29. The van der Waals surface area contributed by atoms with E-state index in [9.17, 15) is 4.79 Å². The lowest BCUT2D eigenvalue weighted by atomic mass is 10.1. The fourth-order valence-electron chi connectivity index (χ4n) is 4.44. The largest absolute Gasteiger partial charge is 0.494 e. The Bertz CT molecular complexity index is 1490. The van der Waals surface area contributed by atoms with Gasteiger partial charge in [0.15, 0.2) is 0 Å². The highest BCUT2D eigenvalue weighted by Gasteiger charge is 2.17. The number of fused-ring (bicyclic) bond motifs is 1. The topological polar surface area (TPSA) is 100 Å². The van der Waals surface area contributed by atoms with E-state index in [0.717, 1.165) is 53.1 Å². The second kappa shape index (κ2) is 12.0. The maximum absolute atomic E-state index is 12.3.